The van der Waals surface area contributed by atoms with E-state index in [9.17, 15) is 4.79 Å². The molecule has 0 unspecified atom stereocenters. The van der Waals surface area contributed by atoms with Gasteiger partial charge in [0.1, 0.15) is 5.82 Å². The first-order valence-corrected chi connectivity index (χ1v) is 9.32. The molecule has 138 valence electrons. The van der Waals surface area contributed by atoms with E-state index in [1.807, 2.05) is 24.4 Å². The maximum absolute atomic E-state index is 12.0. The van der Waals surface area contributed by atoms with Crippen LogP contribution in [0.5, 0.6) is 0 Å². The number of rotatable bonds is 6. The van der Waals surface area contributed by atoms with E-state index in [-0.39, 0.29) is 12.1 Å². The molecule has 2 aliphatic rings. The molecule has 3 rings (SSSR count). The highest BCUT2D eigenvalue weighted by molar-refractivity contribution is 5.74. The summed E-state index contributed by atoms with van der Waals surface area (Å²) < 4.78 is 5.34. The van der Waals surface area contributed by atoms with Crippen molar-refractivity contribution in [3.05, 3.63) is 24.4 Å². The largest absolute Gasteiger partial charge is 0.379 e. The smallest absolute Gasteiger partial charge is 0.315 e. The second kappa shape index (κ2) is 9.58. The standard InChI is InChI=1S/C18H29N5O2/c24-18(20-8-3-9-22-12-14-25-15-13-22)21-16-5-10-23(11-6-16)17-4-1-2-7-19-17/h1-2,4,7,16H,3,5-6,8-15H2,(H2,20,21,24). The number of nitrogens with one attached hydrogen (secondary N) is 2. The minimum absolute atomic E-state index is 0.0433. The number of carbonyl (C=O) groups is 1. The van der Waals surface area contributed by atoms with Crippen LogP contribution in [0, 0.1) is 0 Å². The zero-order chi connectivity index (χ0) is 17.3. The zero-order valence-corrected chi connectivity index (χ0v) is 14.8. The second-order valence-electron chi connectivity index (χ2n) is 6.66. The number of morpholine rings is 1. The molecule has 2 N–H and O–H groups in total. The number of carbonyl (C=O) groups excluding carboxylic acids is 1. The van der Waals surface area contributed by atoms with Crippen LogP contribution in [0.25, 0.3) is 0 Å². The first-order valence-electron chi connectivity index (χ1n) is 9.32. The monoisotopic (exact) mass is 347 g/mol. The summed E-state index contributed by atoms with van der Waals surface area (Å²) in [6.07, 6.45) is 4.71. The van der Waals surface area contributed by atoms with Crippen LogP contribution in [0.1, 0.15) is 19.3 Å². The van der Waals surface area contributed by atoms with Crippen LogP contribution in [0.3, 0.4) is 0 Å². The molecule has 0 bridgehead atoms. The molecule has 0 radical (unpaired) electrons. The Balaban J connectivity index is 1.27. The van der Waals surface area contributed by atoms with Crippen molar-refractivity contribution in [3.63, 3.8) is 0 Å². The Morgan fingerprint density at radius 2 is 2.00 bits per heavy atom. The van der Waals surface area contributed by atoms with Crippen LogP contribution in [-0.2, 0) is 4.74 Å². The van der Waals surface area contributed by atoms with Gasteiger partial charge in [-0.1, -0.05) is 6.07 Å². The molecular formula is C18H29N5O2. The summed E-state index contributed by atoms with van der Waals surface area (Å²) in [5.41, 5.74) is 0. The summed E-state index contributed by atoms with van der Waals surface area (Å²) in [5.74, 6) is 1.02. The lowest BCUT2D eigenvalue weighted by molar-refractivity contribution is 0.0375. The van der Waals surface area contributed by atoms with Crippen molar-refractivity contribution < 1.29 is 9.53 Å². The van der Waals surface area contributed by atoms with Crippen molar-refractivity contribution in [2.24, 2.45) is 0 Å². The van der Waals surface area contributed by atoms with E-state index in [0.29, 0.717) is 0 Å². The van der Waals surface area contributed by atoms with Gasteiger partial charge in [-0.3, -0.25) is 4.90 Å². The van der Waals surface area contributed by atoms with Crippen molar-refractivity contribution in [1.82, 2.24) is 20.5 Å². The third kappa shape index (κ3) is 5.86. The quantitative estimate of drug-likeness (QED) is 0.754. The Morgan fingerprint density at radius 1 is 1.20 bits per heavy atom. The molecule has 7 heteroatoms. The van der Waals surface area contributed by atoms with Crippen molar-refractivity contribution in [3.8, 4) is 0 Å². The van der Waals surface area contributed by atoms with Gasteiger partial charge in [-0.05, 0) is 37.9 Å². The zero-order valence-electron chi connectivity index (χ0n) is 14.8. The average Bonchev–Trinajstić information content (AvgIpc) is 2.67. The third-order valence-corrected chi connectivity index (χ3v) is 4.84. The Morgan fingerprint density at radius 3 is 2.72 bits per heavy atom. The summed E-state index contributed by atoms with van der Waals surface area (Å²) in [6.45, 7) is 7.25. The van der Waals surface area contributed by atoms with Gasteiger partial charge in [-0.25, -0.2) is 9.78 Å². The number of nitrogens with zero attached hydrogens (tertiary/aromatic N) is 3. The number of hydrogen-bond donors (Lipinski definition) is 2. The van der Waals surface area contributed by atoms with Gasteiger partial charge in [0.05, 0.1) is 13.2 Å². The maximum Gasteiger partial charge on any atom is 0.315 e. The molecule has 2 amide bonds. The summed E-state index contributed by atoms with van der Waals surface area (Å²) in [7, 11) is 0. The summed E-state index contributed by atoms with van der Waals surface area (Å²) >= 11 is 0. The lowest BCUT2D eigenvalue weighted by Crippen LogP contribution is -2.48. The molecular weight excluding hydrogens is 318 g/mol. The molecule has 2 fully saturated rings. The van der Waals surface area contributed by atoms with Gasteiger partial charge in [0.15, 0.2) is 0 Å². The van der Waals surface area contributed by atoms with Crippen LogP contribution in [0.15, 0.2) is 24.4 Å². The first-order chi connectivity index (χ1) is 12.3. The molecule has 0 atom stereocenters. The SMILES string of the molecule is O=C(NCCCN1CCOCC1)NC1CCN(c2ccccn2)CC1. The number of ether oxygens (including phenoxy) is 1. The fourth-order valence-electron chi connectivity index (χ4n) is 3.36. The number of pyridine rings is 1. The van der Waals surface area contributed by atoms with E-state index < -0.39 is 0 Å². The predicted octanol–water partition coefficient (Wildman–Crippen LogP) is 1.07. The highest BCUT2D eigenvalue weighted by Crippen LogP contribution is 2.17. The fourth-order valence-corrected chi connectivity index (χ4v) is 3.36. The van der Waals surface area contributed by atoms with Gasteiger partial charge in [-0.2, -0.15) is 0 Å². The van der Waals surface area contributed by atoms with Crippen LogP contribution in [0.2, 0.25) is 0 Å². The number of amides is 2. The van der Waals surface area contributed by atoms with E-state index in [0.717, 1.165) is 77.6 Å². The molecule has 1 aromatic rings. The molecule has 0 spiro atoms. The fraction of sp³-hybridized carbons (Fsp3) is 0.667. The van der Waals surface area contributed by atoms with Gasteiger partial charge in [0, 0.05) is 45.0 Å². The summed E-state index contributed by atoms with van der Waals surface area (Å²) in [6, 6.07) is 6.19. The van der Waals surface area contributed by atoms with Gasteiger partial charge >= 0.3 is 6.03 Å². The lowest BCUT2D eigenvalue weighted by atomic mass is 10.1. The number of hydrogen-bond acceptors (Lipinski definition) is 5. The molecule has 25 heavy (non-hydrogen) atoms. The molecule has 7 nitrogen and oxygen atoms in total. The Bertz CT molecular complexity index is 513. The molecule has 1 aromatic heterocycles. The number of anilines is 1. The second-order valence-corrected chi connectivity index (χ2v) is 6.66. The highest BCUT2D eigenvalue weighted by atomic mass is 16.5. The Labute approximate surface area is 149 Å². The third-order valence-electron chi connectivity index (χ3n) is 4.84. The number of piperidine rings is 1. The van der Waals surface area contributed by atoms with E-state index in [1.165, 1.54) is 0 Å². The Hall–Kier alpha value is -1.86. The van der Waals surface area contributed by atoms with E-state index in [2.05, 4.69) is 25.4 Å². The van der Waals surface area contributed by atoms with E-state index in [1.54, 1.807) is 0 Å². The van der Waals surface area contributed by atoms with Crippen LogP contribution < -0.4 is 15.5 Å². The van der Waals surface area contributed by atoms with Gasteiger partial charge in [0.2, 0.25) is 0 Å². The minimum atomic E-state index is -0.0433. The van der Waals surface area contributed by atoms with Crippen molar-refractivity contribution in [1.29, 1.82) is 0 Å². The normalized spacial score (nSPS) is 19.6. The predicted molar refractivity (Wildman–Crippen MR) is 97.9 cm³/mol. The molecule has 0 saturated carbocycles. The summed E-state index contributed by atoms with van der Waals surface area (Å²) in [5, 5.41) is 6.08. The Kier molecular flexibility index (Phi) is 6.88. The highest BCUT2D eigenvalue weighted by Gasteiger charge is 2.21. The van der Waals surface area contributed by atoms with Crippen LogP contribution >= 0.6 is 0 Å². The van der Waals surface area contributed by atoms with Crippen LogP contribution in [0.4, 0.5) is 10.6 Å². The van der Waals surface area contributed by atoms with Crippen LogP contribution in [-0.4, -0.2) is 74.4 Å². The molecule has 0 aliphatic carbocycles. The van der Waals surface area contributed by atoms with Crippen molar-refractivity contribution >= 4 is 11.8 Å². The van der Waals surface area contributed by atoms with Gasteiger partial charge in [-0.15, -0.1) is 0 Å². The maximum atomic E-state index is 12.0. The van der Waals surface area contributed by atoms with E-state index >= 15 is 0 Å². The number of aromatic nitrogens is 1. The lowest BCUT2D eigenvalue weighted by Gasteiger charge is -2.33. The molecule has 3 heterocycles. The van der Waals surface area contributed by atoms with Crippen molar-refractivity contribution in [2.75, 3.05) is 57.4 Å². The topological polar surface area (TPSA) is 69.7 Å². The number of urea groups is 1. The molecule has 2 saturated heterocycles. The van der Waals surface area contributed by atoms with Gasteiger partial charge in [0.25, 0.3) is 0 Å². The van der Waals surface area contributed by atoms with Gasteiger partial charge < -0.3 is 20.3 Å². The summed E-state index contributed by atoms with van der Waals surface area (Å²) in [4.78, 5) is 21.1. The van der Waals surface area contributed by atoms with Crippen molar-refractivity contribution in [2.45, 2.75) is 25.3 Å². The first kappa shape index (κ1) is 17.9. The van der Waals surface area contributed by atoms with E-state index in [4.69, 9.17) is 4.74 Å². The average molecular weight is 347 g/mol. The molecule has 2 aliphatic heterocycles. The minimum Gasteiger partial charge on any atom is -0.379 e. The molecule has 0 aromatic carbocycles.